The first-order valence-electron chi connectivity index (χ1n) is 3.84. The third-order valence-electron chi connectivity index (χ3n) is 2.07. The van der Waals surface area contributed by atoms with Crippen LogP contribution in [0.25, 0.3) is 0 Å². The van der Waals surface area contributed by atoms with E-state index in [0.29, 0.717) is 0 Å². The summed E-state index contributed by atoms with van der Waals surface area (Å²) in [6.07, 6.45) is -2.79. The Balaban J connectivity index is 2.63. The highest BCUT2D eigenvalue weighted by molar-refractivity contribution is 9.09. The number of hydrogen-bond acceptors (Lipinski definition) is 4. The largest absolute Gasteiger partial charge is 0.394 e. The average molecular weight is 241 g/mol. The molecule has 0 aromatic heterocycles. The Morgan fingerprint density at radius 1 is 1.33 bits per heavy atom. The molecule has 0 aromatic carbocycles. The van der Waals surface area contributed by atoms with E-state index in [9.17, 15) is 10.2 Å². The maximum Gasteiger partial charge on any atom is 0.109 e. The third-order valence-corrected chi connectivity index (χ3v) is 3.36. The quantitative estimate of drug-likeness (QED) is 0.528. The number of rotatable bonds is 1. The fourth-order valence-corrected chi connectivity index (χ4v) is 1.71. The summed E-state index contributed by atoms with van der Waals surface area (Å²) in [5, 5.41) is 27.6. The summed E-state index contributed by atoms with van der Waals surface area (Å²) in [4.78, 5) is -0.282. The van der Waals surface area contributed by atoms with Gasteiger partial charge >= 0.3 is 0 Å². The van der Waals surface area contributed by atoms with Crippen LogP contribution in [0.1, 0.15) is 6.92 Å². The Bertz CT molecular complexity index is 150. The Morgan fingerprint density at radius 3 is 2.42 bits per heavy atom. The van der Waals surface area contributed by atoms with Crippen LogP contribution in [0.4, 0.5) is 0 Å². The normalized spacial score (nSPS) is 49.2. The number of ether oxygens (including phenoxy) is 1. The predicted octanol–water partition coefficient (Wildman–Crippen LogP) is -0.749. The molecule has 3 N–H and O–H groups in total. The molecule has 0 radical (unpaired) electrons. The molecule has 1 aliphatic rings. The fraction of sp³-hybridized carbons (Fsp3) is 1.00. The van der Waals surface area contributed by atoms with Gasteiger partial charge in [0.1, 0.15) is 12.2 Å². The summed E-state index contributed by atoms with van der Waals surface area (Å²) < 4.78 is 5.22. The molecule has 0 amide bonds. The lowest BCUT2D eigenvalue weighted by Crippen LogP contribution is -2.55. The lowest BCUT2D eigenvalue weighted by molar-refractivity contribution is -0.169. The van der Waals surface area contributed by atoms with Crippen molar-refractivity contribution in [2.75, 3.05) is 6.61 Å². The topological polar surface area (TPSA) is 69.9 Å². The summed E-state index contributed by atoms with van der Waals surface area (Å²) in [6.45, 7) is 1.50. The highest BCUT2D eigenvalue weighted by Gasteiger charge is 2.40. The summed E-state index contributed by atoms with van der Waals surface area (Å²) >= 11 is 3.20. The fourth-order valence-electron chi connectivity index (χ4n) is 1.27. The van der Waals surface area contributed by atoms with Gasteiger partial charge in [-0.2, -0.15) is 0 Å². The maximum atomic E-state index is 9.43. The number of aliphatic hydroxyl groups excluding tert-OH is 3. The van der Waals surface area contributed by atoms with Crippen molar-refractivity contribution in [3.05, 3.63) is 0 Å². The lowest BCUT2D eigenvalue weighted by Gasteiger charge is -2.38. The van der Waals surface area contributed by atoms with Crippen LogP contribution < -0.4 is 0 Å². The van der Waals surface area contributed by atoms with Crippen molar-refractivity contribution in [2.45, 2.75) is 36.2 Å². The number of aliphatic hydroxyl groups is 3. The van der Waals surface area contributed by atoms with Crippen LogP contribution in [0.5, 0.6) is 0 Å². The minimum absolute atomic E-state index is 0.208. The second kappa shape index (κ2) is 4.02. The molecule has 0 bridgehead atoms. The lowest BCUT2D eigenvalue weighted by atomic mass is 9.99. The van der Waals surface area contributed by atoms with E-state index in [1.54, 1.807) is 6.92 Å². The molecular formula is C7H13BrO4. The third kappa shape index (κ3) is 1.80. The molecule has 0 aromatic rings. The standard InChI is InChI=1S/C7H13BrO4/c1-3-5(8)7(11)6(10)4(2-9)12-3/h3-7,9-11H,2H2,1H3. The van der Waals surface area contributed by atoms with Crippen LogP contribution in [-0.2, 0) is 4.74 Å². The Hall–Kier alpha value is 0.320. The molecular weight excluding hydrogens is 228 g/mol. The first kappa shape index (κ1) is 10.4. The molecule has 0 spiro atoms. The van der Waals surface area contributed by atoms with Crippen LogP contribution in [0.2, 0.25) is 0 Å². The number of halogens is 1. The maximum absolute atomic E-state index is 9.43. The molecule has 5 atom stereocenters. The Labute approximate surface area is 79.3 Å². The highest BCUT2D eigenvalue weighted by Crippen LogP contribution is 2.25. The second-order valence-electron chi connectivity index (χ2n) is 2.99. The van der Waals surface area contributed by atoms with Crippen molar-refractivity contribution < 1.29 is 20.1 Å². The van der Waals surface area contributed by atoms with E-state index in [1.165, 1.54) is 0 Å². The zero-order valence-corrected chi connectivity index (χ0v) is 8.31. The summed E-state index contributed by atoms with van der Waals surface area (Å²) in [5.41, 5.74) is 0. The van der Waals surface area contributed by atoms with Crippen LogP contribution in [-0.4, -0.2) is 51.2 Å². The van der Waals surface area contributed by atoms with Crippen molar-refractivity contribution in [3.8, 4) is 0 Å². The van der Waals surface area contributed by atoms with E-state index in [1.807, 2.05) is 0 Å². The molecule has 1 fully saturated rings. The van der Waals surface area contributed by atoms with Crippen molar-refractivity contribution in [3.63, 3.8) is 0 Å². The molecule has 4 nitrogen and oxygen atoms in total. The van der Waals surface area contributed by atoms with Crippen molar-refractivity contribution in [1.29, 1.82) is 0 Å². The molecule has 0 aliphatic carbocycles. The van der Waals surface area contributed by atoms with Crippen LogP contribution in [0, 0.1) is 0 Å². The van der Waals surface area contributed by atoms with E-state index in [0.717, 1.165) is 0 Å². The van der Waals surface area contributed by atoms with E-state index in [-0.39, 0.29) is 17.5 Å². The van der Waals surface area contributed by atoms with Gasteiger partial charge in [-0.15, -0.1) is 0 Å². The van der Waals surface area contributed by atoms with E-state index in [2.05, 4.69) is 15.9 Å². The molecule has 1 rings (SSSR count). The summed E-state index contributed by atoms with van der Waals surface area (Å²) in [7, 11) is 0. The first-order chi connectivity index (χ1) is 5.57. The van der Waals surface area contributed by atoms with Gasteiger partial charge in [0, 0.05) is 0 Å². The Kier molecular flexibility index (Phi) is 3.48. The average Bonchev–Trinajstić information content (AvgIpc) is 2.08. The minimum atomic E-state index is -1.02. The van der Waals surface area contributed by atoms with Gasteiger partial charge in [-0.25, -0.2) is 0 Å². The SMILES string of the molecule is CC1OC(CO)C(O)C(O)C1Br. The number of hydrogen-bond donors (Lipinski definition) is 3. The first-order valence-corrected chi connectivity index (χ1v) is 4.76. The molecule has 72 valence electrons. The van der Waals surface area contributed by atoms with Gasteiger partial charge in [0.2, 0.25) is 0 Å². The monoisotopic (exact) mass is 240 g/mol. The van der Waals surface area contributed by atoms with Crippen LogP contribution >= 0.6 is 15.9 Å². The van der Waals surface area contributed by atoms with Gasteiger partial charge in [-0.05, 0) is 6.92 Å². The molecule has 5 heteroatoms. The molecule has 1 heterocycles. The molecule has 0 saturated carbocycles. The van der Waals surface area contributed by atoms with Gasteiger partial charge in [0.25, 0.3) is 0 Å². The zero-order valence-electron chi connectivity index (χ0n) is 6.72. The Morgan fingerprint density at radius 2 is 1.92 bits per heavy atom. The van der Waals surface area contributed by atoms with E-state index < -0.39 is 18.3 Å². The van der Waals surface area contributed by atoms with Crippen molar-refractivity contribution in [1.82, 2.24) is 0 Å². The van der Waals surface area contributed by atoms with Crippen molar-refractivity contribution >= 4 is 15.9 Å². The van der Waals surface area contributed by atoms with Gasteiger partial charge < -0.3 is 20.1 Å². The molecule has 1 aliphatic heterocycles. The predicted molar refractivity (Wildman–Crippen MR) is 46.1 cm³/mol. The van der Waals surface area contributed by atoms with Gasteiger partial charge in [0.05, 0.1) is 23.6 Å². The van der Waals surface area contributed by atoms with Gasteiger partial charge in [-0.1, -0.05) is 15.9 Å². The number of alkyl halides is 1. The summed E-state index contributed by atoms with van der Waals surface area (Å²) in [5.74, 6) is 0. The zero-order chi connectivity index (χ0) is 9.30. The van der Waals surface area contributed by atoms with Gasteiger partial charge in [-0.3, -0.25) is 0 Å². The van der Waals surface area contributed by atoms with Crippen molar-refractivity contribution in [2.24, 2.45) is 0 Å². The van der Waals surface area contributed by atoms with E-state index >= 15 is 0 Å². The molecule has 5 unspecified atom stereocenters. The minimum Gasteiger partial charge on any atom is -0.394 e. The molecule has 1 saturated heterocycles. The smallest absolute Gasteiger partial charge is 0.109 e. The highest BCUT2D eigenvalue weighted by atomic mass is 79.9. The van der Waals surface area contributed by atoms with Crippen LogP contribution in [0.3, 0.4) is 0 Å². The summed E-state index contributed by atoms with van der Waals surface area (Å²) in [6, 6.07) is 0. The second-order valence-corrected chi connectivity index (χ2v) is 4.05. The van der Waals surface area contributed by atoms with Crippen LogP contribution in [0.15, 0.2) is 0 Å². The van der Waals surface area contributed by atoms with E-state index in [4.69, 9.17) is 9.84 Å². The molecule has 12 heavy (non-hydrogen) atoms. The van der Waals surface area contributed by atoms with Gasteiger partial charge in [0.15, 0.2) is 0 Å².